The molecule has 0 saturated carbocycles. The van der Waals surface area contributed by atoms with Gasteiger partial charge >= 0.3 is 6.18 Å². The summed E-state index contributed by atoms with van der Waals surface area (Å²) in [5.74, 6) is -0.999. The molecule has 0 aliphatic carbocycles. The predicted octanol–water partition coefficient (Wildman–Crippen LogP) is 3.09. The highest BCUT2D eigenvalue weighted by Gasteiger charge is 2.41. The predicted molar refractivity (Wildman–Crippen MR) is 62.0 cm³/mol. The van der Waals surface area contributed by atoms with Gasteiger partial charge in [0, 0.05) is 0 Å². The Hall–Kier alpha value is -0.560. The highest BCUT2D eigenvalue weighted by Crippen LogP contribution is 2.29. The molecule has 0 spiro atoms. The van der Waals surface area contributed by atoms with E-state index >= 15 is 0 Å². The lowest BCUT2D eigenvalue weighted by Crippen LogP contribution is -2.30. The second kappa shape index (κ2) is 4.97. The summed E-state index contributed by atoms with van der Waals surface area (Å²) in [6.07, 6.45) is -4.57. The van der Waals surface area contributed by atoms with Crippen LogP contribution in [0.3, 0.4) is 0 Å². The van der Waals surface area contributed by atoms with Gasteiger partial charge in [-0.15, -0.1) is 0 Å². The number of halogens is 4. The van der Waals surface area contributed by atoms with Crippen molar-refractivity contribution >= 4 is 25.8 Å². The lowest BCUT2D eigenvalue weighted by atomic mass is 10.2. The lowest BCUT2D eigenvalue weighted by Gasteiger charge is -2.14. The van der Waals surface area contributed by atoms with Gasteiger partial charge in [0.25, 0.3) is 0 Å². The van der Waals surface area contributed by atoms with E-state index in [4.69, 9.17) is 0 Å². The van der Waals surface area contributed by atoms with Gasteiger partial charge in [0.15, 0.2) is 9.84 Å². The Morgan fingerprint density at radius 3 is 2.29 bits per heavy atom. The van der Waals surface area contributed by atoms with Crippen LogP contribution in [-0.2, 0) is 9.84 Å². The molecule has 96 valence electrons. The maximum absolute atomic E-state index is 12.3. The van der Waals surface area contributed by atoms with Gasteiger partial charge in [-0.3, -0.25) is 0 Å². The first-order valence-corrected chi connectivity index (χ1v) is 7.20. The summed E-state index contributed by atoms with van der Waals surface area (Å²) in [7, 11) is -3.94. The molecule has 2 nitrogen and oxygen atoms in total. The SMILES string of the molecule is Cc1ccccc1S(=O)(=O)CC(Br)C(F)(F)F. The van der Waals surface area contributed by atoms with E-state index in [1.165, 1.54) is 12.1 Å². The van der Waals surface area contributed by atoms with Crippen molar-refractivity contribution in [1.29, 1.82) is 0 Å². The van der Waals surface area contributed by atoms with Gasteiger partial charge in [0.1, 0.15) is 4.83 Å². The second-order valence-electron chi connectivity index (χ2n) is 3.56. The standard InChI is InChI=1S/C10H10BrF3O2S/c1-7-4-2-3-5-8(7)17(15,16)6-9(11)10(12,13)14/h2-5,9H,6H2,1H3. The number of alkyl halides is 4. The zero-order valence-corrected chi connectivity index (χ0v) is 11.2. The minimum Gasteiger partial charge on any atom is -0.224 e. The van der Waals surface area contributed by atoms with Gasteiger partial charge in [0.05, 0.1) is 10.6 Å². The van der Waals surface area contributed by atoms with Crippen LogP contribution >= 0.6 is 15.9 Å². The van der Waals surface area contributed by atoms with Crippen LogP contribution in [0.2, 0.25) is 0 Å². The third-order valence-corrected chi connectivity index (χ3v) is 5.32. The van der Waals surface area contributed by atoms with Crippen LogP contribution in [0, 0.1) is 6.92 Å². The van der Waals surface area contributed by atoms with Crippen molar-refractivity contribution in [1.82, 2.24) is 0 Å². The topological polar surface area (TPSA) is 34.1 Å². The molecular weight excluding hydrogens is 321 g/mol. The molecule has 1 aromatic rings. The first kappa shape index (κ1) is 14.5. The number of rotatable bonds is 3. The molecule has 7 heteroatoms. The number of hydrogen-bond donors (Lipinski definition) is 0. The van der Waals surface area contributed by atoms with E-state index in [2.05, 4.69) is 15.9 Å². The molecule has 0 saturated heterocycles. The van der Waals surface area contributed by atoms with E-state index < -0.39 is 26.6 Å². The summed E-state index contributed by atoms with van der Waals surface area (Å²) >= 11 is 2.35. The van der Waals surface area contributed by atoms with Crippen molar-refractivity contribution in [3.05, 3.63) is 29.8 Å². The number of sulfone groups is 1. The monoisotopic (exact) mass is 330 g/mol. The number of hydrogen-bond acceptors (Lipinski definition) is 2. The quantitative estimate of drug-likeness (QED) is 0.798. The van der Waals surface area contributed by atoms with Crippen LogP contribution in [-0.4, -0.2) is 25.2 Å². The first-order chi connectivity index (χ1) is 7.64. The Kier molecular flexibility index (Phi) is 4.24. The largest absolute Gasteiger partial charge is 0.402 e. The van der Waals surface area contributed by atoms with Gasteiger partial charge in [-0.1, -0.05) is 34.1 Å². The molecule has 1 unspecified atom stereocenters. The van der Waals surface area contributed by atoms with Crippen LogP contribution in [0.25, 0.3) is 0 Å². The summed E-state index contributed by atoms with van der Waals surface area (Å²) in [6, 6.07) is 5.96. The van der Waals surface area contributed by atoms with Crippen LogP contribution in [0.1, 0.15) is 5.56 Å². The Bertz CT molecular complexity index is 497. The average Bonchev–Trinajstić information content (AvgIpc) is 2.15. The highest BCUT2D eigenvalue weighted by molar-refractivity contribution is 9.09. The Morgan fingerprint density at radius 2 is 1.82 bits per heavy atom. The van der Waals surface area contributed by atoms with Crippen molar-refractivity contribution in [2.24, 2.45) is 0 Å². The van der Waals surface area contributed by atoms with Gasteiger partial charge in [-0.2, -0.15) is 13.2 Å². The average molecular weight is 331 g/mol. The molecule has 0 radical (unpaired) electrons. The molecule has 1 rings (SSSR count). The fourth-order valence-corrected chi connectivity index (χ4v) is 3.92. The number of benzene rings is 1. The van der Waals surface area contributed by atoms with Gasteiger partial charge in [-0.05, 0) is 18.6 Å². The highest BCUT2D eigenvalue weighted by atomic mass is 79.9. The molecule has 0 heterocycles. The summed E-state index contributed by atoms with van der Waals surface area (Å²) in [5.41, 5.74) is 0.439. The fraction of sp³-hybridized carbons (Fsp3) is 0.400. The van der Waals surface area contributed by atoms with Gasteiger partial charge < -0.3 is 0 Å². The summed E-state index contributed by atoms with van der Waals surface area (Å²) in [4.78, 5) is -2.12. The molecule has 0 aliphatic rings. The third kappa shape index (κ3) is 3.70. The van der Waals surface area contributed by atoms with E-state index in [1.807, 2.05) is 0 Å². The zero-order valence-electron chi connectivity index (χ0n) is 8.83. The maximum Gasteiger partial charge on any atom is 0.402 e. The third-order valence-electron chi connectivity index (χ3n) is 2.15. The second-order valence-corrected chi connectivity index (χ2v) is 6.66. The van der Waals surface area contributed by atoms with Crippen molar-refractivity contribution in [3.8, 4) is 0 Å². The van der Waals surface area contributed by atoms with Crippen molar-refractivity contribution in [2.45, 2.75) is 22.8 Å². The molecule has 0 fully saturated rings. The molecule has 1 atom stereocenters. The van der Waals surface area contributed by atoms with Crippen LogP contribution in [0.4, 0.5) is 13.2 Å². The van der Waals surface area contributed by atoms with Gasteiger partial charge in [0.2, 0.25) is 0 Å². The molecule has 0 amide bonds. The van der Waals surface area contributed by atoms with Crippen LogP contribution in [0.15, 0.2) is 29.2 Å². The Labute approximate surface area is 106 Å². The van der Waals surface area contributed by atoms with Crippen molar-refractivity contribution in [2.75, 3.05) is 5.75 Å². The minimum atomic E-state index is -4.57. The van der Waals surface area contributed by atoms with Crippen LogP contribution in [0.5, 0.6) is 0 Å². The molecule has 0 bridgehead atoms. The minimum absolute atomic E-state index is 0.0614. The molecule has 0 aromatic heterocycles. The number of aryl methyl sites for hydroxylation is 1. The Morgan fingerprint density at radius 1 is 1.29 bits per heavy atom. The maximum atomic E-state index is 12.3. The van der Waals surface area contributed by atoms with Crippen LogP contribution < -0.4 is 0 Å². The summed E-state index contributed by atoms with van der Waals surface area (Å²) < 4.78 is 60.4. The van der Waals surface area contributed by atoms with Gasteiger partial charge in [-0.25, -0.2) is 8.42 Å². The van der Waals surface area contributed by atoms with Crippen molar-refractivity contribution < 1.29 is 21.6 Å². The lowest BCUT2D eigenvalue weighted by molar-refractivity contribution is -0.123. The van der Waals surface area contributed by atoms with Crippen molar-refractivity contribution in [3.63, 3.8) is 0 Å². The van der Waals surface area contributed by atoms with E-state index in [1.54, 1.807) is 19.1 Å². The van der Waals surface area contributed by atoms with E-state index in [9.17, 15) is 21.6 Å². The Balaban J connectivity index is 3.03. The molecular formula is C10H10BrF3O2S. The normalized spacial score (nSPS) is 14.6. The first-order valence-electron chi connectivity index (χ1n) is 4.64. The van der Waals surface area contributed by atoms with E-state index in [0.29, 0.717) is 5.56 Å². The zero-order chi connectivity index (χ0) is 13.3. The molecule has 0 aliphatic heterocycles. The van der Waals surface area contributed by atoms with E-state index in [0.717, 1.165) is 0 Å². The van der Waals surface area contributed by atoms with E-state index in [-0.39, 0.29) is 4.90 Å². The fourth-order valence-electron chi connectivity index (χ4n) is 1.28. The molecule has 1 aromatic carbocycles. The molecule has 17 heavy (non-hydrogen) atoms. The summed E-state index contributed by atoms with van der Waals surface area (Å²) in [6.45, 7) is 1.55. The molecule has 0 N–H and O–H groups in total. The smallest absolute Gasteiger partial charge is 0.224 e. The summed E-state index contributed by atoms with van der Waals surface area (Å²) in [5, 5.41) is 0.